The lowest BCUT2D eigenvalue weighted by Crippen LogP contribution is -2.03. The fraction of sp³-hybridized carbons (Fsp3) is 0.208. The van der Waals surface area contributed by atoms with Crippen molar-refractivity contribution in [2.75, 3.05) is 5.32 Å². The molecule has 0 bridgehead atoms. The Labute approximate surface area is 178 Å². The van der Waals surface area contributed by atoms with Gasteiger partial charge < -0.3 is 9.73 Å². The molecule has 1 amide bonds. The molecule has 140 valence electrons. The number of amides is 1. The topological polar surface area (TPSA) is 42.2 Å². The Morgan fingerprint density at radius 3 is 2.64 bits per heavy atom. The van der Waals surface area contributed by atoms with E-state index < -0.39 is 0 Å². The molecular weight excluding hydrogens is 461 g/mol. The van der Waals surface area contributed by atoms with E-state index in [0.717, 1.165) is 62.3 Å². The minimum atomic E-state index is -0.0616. The van der Waals surface area contributed by atoms with E-state index in [9.17, 15) is 4.79 Å². The Bertz CT molecular complexity index is 1130. The van der Waals surface area contributed by atoms with Gasteiger partial charge in [0.05, 0.1) is 5.57 Å². The lowest BCUT2D eigenvalue weighted by atomic mass is 9.90. The van der Waals surface area contributed by atoms with Gasteiger partial charge in [0, 0.05) is 32.4 Å². The first-order chi connectivity index (χ1) is 13.6. The second-order valence-electron chi connectivity index (χ2n) is 7.42. The summed E-state index contributed by atoms with van der Waals surface area (Å²) in [6, 6.07) is 14.4. The monoisotopic (exact) mass is 481 g/mol. The molecule has 1 N–H and O–H groups in total. The molecule has 1 aliphatic carbocycles. The summed E-state index contributed by atoms with van der Waals surface area (Å²) in [5.74, 6) is 1.82. The van der Waals surface area contributed by atoms with Crippen LogP contribution in [0.2, 0.25) is 0 Å². The van der Waals surface area contributed by atoms with Gasteiger partial charge in [0.25, 0.3) is 5.91 Å². The second kappa shape index (κ2) is 6.92. The van der Waals surface area contributed by atoms with Gasteiger partial charge in [-0.2, -0.15) is 0 Å². The van der Waals surface area contributed by atoms with Crippen LogP contribution in [0.25, 0.3) is 22.8 Å². The number of benzene rings is 2. The first-order valence-corrected chi connectivity index (χ1v) is 10.7. The molecule has 1 aliphatic heterocycles. The normalized spacial score (nSPS) is 16.8. The van der Waals surface area contributed by atoms with Gasteiger partial charge in [-0.15, -0.1) is 0 Å². The largest absolute Gasteiger partial charge is 0.461 e. The van der Waals surface area contributed by atoms with E-state index >= 15 is 0 Å². The third kappa shape index (κ3) is 2.82. The molecule has 1 aromatic heterocycles. The van der Waals surface area contributed by atoms with Crippen LogP contribution < -0.4 is 5.32 Å². The van der Waals surface area contributed by atoms with E-state index in [1.54, 1.807) is 0 Å². The standard InChI is InChI=1S/C24H20INO2/c1-14-18(25)11-12-19-22(14)17(24(27)26-19)13-21-23(15-7-3-2-4-8-15)16-9-5-6-10-20(16)28-21/h2-4,7-8,11-13H,5-6,9-10H2,1H3,(H,26,27). The van der Waals surface area contributed by atoms with Gasteiger partial charge in [-0.3, -0.25) is 4.79 Å². The fourth-order valence-electron chi connectivity index (χ4n) is 4.32. The quantitative estimate of drug-likeness (QED) is 0.348. The van der Waals surface area contributed by atoms with Gasteiger partial charge in [-0.25, -0.2) is 0 Å². The molecule has 2 aliphatic rings. The van der Waals surface area contributed by atoms with Gasteiger partial charge in [0.15, 0.2) is 0 Å². The van der Waals surface area contributed by atoms with Crippen LogP contribution >= 0.6 is 22.6 Å². The average molecular weight is 481 g/mol. The molecule has 0 radical (unpaired) electrons. The highest BCUT2D eigenvalue weighted by Crippen LogP contribution is 2.42. The van der Waals surface area contributed by atoms with E-state index in [-0.39, 0.29) is 5.91 Å². The minimum Gasteiger partial charge on any atom is -0.461 e. The second-order valence-corrected chi connectivity index (χ2v) is 8.59. The Morgan fingerprint density at radius 1 is 1.04 bits per heavy atom. The molecule has 0 saturated heterocycles. The smallest absolute Gasteiger partial charge is 0.256 e. The number of aryl methyl sites for hydroxylation is 1. The zero-order valence-electron chi connectivity index (χ0n) is 15.6. The molecule has 4 heteroatoms. The van der Waals surface area contributed by atoms with E-state index in [2.05, 4.69) is 59.1 Å². The van der Waals surface area contributed by atoms with Crippen molar-refractivity contribution in [1.29, 1.82) is 0 Å². The molecule has 28 heavy (non-hydrogen) atoms. The van der Waals surface area contributed by atoms with Crippen molar-refractivity contribution in [2.45, 2.75) is 32.6 Å². The van der Waals surface area contributed by atoms with E-state index in [0.29, 0.717) is 5.57 Å². The van der Waals surface area contributed by atoms with Crippen LogP contribution in [0.4, 0.5) is 5.69 Å². The van der Waals surface area contributed by atoms with Crippen molar-refractivity contribution >= 4 is 45.8 Å². The highest BCUT2D eigenvalue weighted by atomic mass is 127. The van der Waals surface area contributed by atoms with Crippen LogP contribution in [-0.2, 0) is 17.6 Å². The van der Waals surface area contributed by atoms with Crippen LogP contribution in [0.1, 0.15) is 41.1 Å². The molecule has 0 spiro atoms. The fourth-order valence-corrected chi connectivity index (χ4v) is 4.77. The number of carbonyl (C=O) groups is 1. The highest BCUT2D eigenvalue weighted by molar-refractivity contribution is 14.1. The summed E-state index contributed by atoms with van der Waals surface area (Å²) >= 11 is 2.32. The van der Waals surface area contributed by atoms with Crippen LogP contribution in [0.3, 0.4) is 0 Å². The summed E-state index contributed by atoms with van der Waals surface area (Å²) in [6.07, 6.45) is 6.29. The maximum atomic E-state index is 12.8. The Hall–Kier alpha value is -2.34. The Kier molecular flexibility index (Phi) is 4.38. The molecule has 3 nitrogen and oxygen atoms in total. The van der Waals surface area contributed by atoms with Gasteiger partial charge in [0.1, 0.15) is 11.5 Å². The van der Waals surface area contributed by atoms with Gasteiger partial charge in [-0.05, 0) is 78.1 Å². The summed E-state index contributed by atoms with van der Waals surface area (Å²) < 4.78 is 7.48. The summed E-state index contributed by atoms with van der Waals surface area (Å²) in [5, 5.41) is 3.00. The maximum Gasteiger partial charge on any atom is 0.256 e. The molecule has 0 fully saturated rings. The zero-order valence-corrected chi connectivity index (χ0v) is 17.8. The van der Waals surface area contributed by atoms with Crippen molar-refractivity contribution in [3.05, 3.63) is 74.2 Å². The summed E-state index contributed by atoms with van der Waals surface area (Å²) in [6.45, 7) is 2.07. The average Bonchev–Trinajstić information content (AvgIpc) is 3.23. The van der Waals surface area contributed by atoms with Crippen LogP contribution in [0.5, 0.6) is 0 Å². The zero-order chi connectivity index (χ0) is 19.3. The maximum absolute atomic E-state index is 12.8. The number of anilines is 1. The number of rotatable bonds is 2. The lowest BCUT2D eigenvalue weighted by molar-refractivity contribution is -0.110. The van der Waals surface area contributed by atoms with Crippen molar-refractivity contribution in [3.8, 4) is 11.1 Å². The lowest BCUT2D eigenvalue weighted by Gasteiger charge is -2.11. The molecule has 0 saturated carbocycles. The molecule has 2 heterocycles. The Morgan fingerprint density at radius 2 is 1.82 bits per heavy atom. The van der Waals surface area contributed by atoms with Crippen molar-refractivity contribution in [1.82, 2.24) is 0 Å². The molecular formula is C24H20INO2. The molecule has 3 aromatic rings. The third-order valence-electron chi connectivity index (χ3n) is 5.70. The molecule has 0 unspecified atom stereocenters. The highest BCUT2D eigenvalue weighted by Gasteiger charge is 2.29. The van der Waals surface area contributed by atoms with Gasteiger partial charge >= 0.3 is 0 Å². The Balaban J connectivity index is 1.73. The number of hydrogen-bond acceptors (Lipinski definition) is 2. The van der Waals surface area contributed by atoms with Crippen LogP contribution in [0, 0.1) is 10.5 Å². The van der Waals surface area contributed by atoms with Crippen LogP contribution in [0.15, 0.2) is 46.9 Å². The number of halogens is 1. The third-order valence-corrected chi connectivity index (χ3v) is 6.87. The summed E-state index contributed by atoms with van der Waals surface area (Å²) in [4.78, 5) is 12.8. The van der Waals surface area contributed by atoms with Crippen molar-refractivity contribution < 1.29 is 9.21 Å². The number of carbonyl (C=O) groups excluding carboxylic acids is 1. The predicted octanol–water partition coefficient (Wildman–Crippen LogP) is 6.23. The SMILES string of the molecule is Cc1c(I)ccc2c1C(=Cc1oc3c(c1-c1ccccc1)CCCC3)C(=O)N2. The molecule has 5 rings (SSSR count). The predicted molar refractivity (Wildman–Crippen MR) is 121 cm³/mol. The minimum absolute atomic E-state index is 0.0616. The van der Waals surface area contributed by atoms with E-state index in [4.69, 9.17) is 4.42 Å². The number of furan rings is 1. The summed E-state index contributed by atoms with van der Waals surface area (Å²) in [7, 11) is 0. The number of fused-ring (bicyclic) bond motifs is 2. The van der Waals surface area contributed by atoms with Crippen molar-refractivity contribution in [2.24, 2.45) is 0 Å². The van der Waals surface area contributed by atoms with E-state index in [1.165, 1.54) is 12.0 Å². The number of nitrogens with one attached hydrogen (secondary N) is 1. The van der Waals surface area contributed by atoms with Gasteiger partial charge in [0.2, 0.25) is 0 Å². The van der Waals surface area contributed by atoms with Crippen molar-refractivity contribution in [3.63, 3.8) is 0 Å². The molecule has 2 aromatic carbocycles. The van der Waals surface area contributed by atoms with Crippen LogP contribution in [-0.4, -0.2) is 5.91 Å². The van der Waals surface area contributed by atoms with E-state index in [1.807, 2.05) is 24.3 Å². The first-order valence-electron chi connectivity index (χ1n) is 9.66. The van der Waals surface area contributed by atoms with Gasteiger partial charge in [-0.1, -0.05) is 30.3 Å². The number of hydrogen-bond donors (Lipinski definition) is 1. The first kappa shape index (κ1) is 17.7. The summed E-state index contributed by atoms with van der Waals surface area (Å²) in [5.41, 5.74) is 7.29. The molecule has 0 atom stereocenters.